The van der Waals surface area contributed by atoms with Crippen LogP contribution >= 0.6 is 0 Å². The third-order valence-corrected chi connectivity index (χ3v) is 3.23. The molecule has 0 bridgehead atoms. The van der Waals surface area contributed by atoms with Crippen LogP contribution in [0.3, 0.4) is 0 Å². The van der Waals surface area contributed by atoms with E-state index >= 15 is 0 Å². The van der Waals surface area contributed by atoms with E-state index in [2.05, 4.69) is 10.1 Å². The molecule has 0 fully saturated rings. The Morgan fingerprint density at radius 2 is 1.77 bits per heavy atom. The molecule has 1 rings (SSSR count). The van der Waals surface area contributed by atoms with Gasteiger partial charge in [0.05, 0.1) is 14.2 Å². The van der Waals surface area contributed by atoms with E-state index in [0.29, 0.717) is 4.90 Å². The summed E-state index contributed by atoms with van der Waals surface area (Å²) in [5, 5.41) is 4.87. The minimum absolute atomic E-state index is 0.00464. The van der Waals surface area contributed by atoms with Gasteiger partial charge in [-0.25, -0.2) is 4.79 Å². The van der Waals surface area contributed by atoms with Gasteiger partial charge in [-0.3, -0.25) is 14.9 Å². The molecule has 1 atom stereocenters. The molecular formula is C15H22N3O4+. The Bertz CT molecular complexity index is 572. The summed E-state index contributed by atoms with van der Waals surface area (Å²) in [4.78, 5) is 35.0. The van der Waals surface area contributed by atoms with Crippen LogP contribution < -0.4 is 15.5 Å². The molecule has 0 saturated heterocycles. The van der Waals surface area contributed by atoms with Gasteiger partial charge in [-0.05, 0) is 31.0 Å². The molecule has 1 unspecified atom stereocenters. The predicted molar refractivity (Wildman–Crippen MR) is 81.7 cm³/mol. The summed E-state index contributed by atoms with van der Waals surface area (Å²) in [6.07, 6.45) is -0.808. The Hall–Kier alpha value is -2.41. The van der Waals surface area contributed by atoms with Gasteiger partial charge in [0.1, 0.15) is 0 Å². The minimum atomic E-state index is -0.808. The highest BCUT2D eigenvalue weighted by Crippen LogP contribution is 2.17. The fourth-order valence-electron chi connectivity index (χ4n) is 1.90. The zero-order chi connectivity index (χ0) is 16.7. The average molecular weight is 308 g/mol. The second-order valence-corrected chi connectivity index (χ2v) is 5.15. The molecule has 0 aliphatic carbocycles. The molecule has 120 valence electrons. The first-order chi connectivity index (χ1) is 10.3. The molecule has 0 heterocycles. The predicted octanol–water partition coefficient (Wildman–Crippen LogP) is -0.361. The van der Waals surface area contributed by atoms with Gasteiger partial charge < -0.3 is 15.0 Å². The van der Waals surface area contributed by atoms with E-state index in [9.17, 15) is 14.4 Å². The SMILES string of the molecule is COC(=O)NC(=O)C[NH+](C)CC(=O)Nc1cccc(C)c1C. The van der Waals surface area contributed by atoms with Crippen LogP contribution in [0.5, 0.6) is 0 Å². The number of carbonyl (C=O) groups is 3. The lowest BCUT2D eigenvalue weighted by atomic mass is 10.1. The number of likely N-dealkylation sites (N-methyl/N-ethyl adjacent to an activating group) is 1. The van der Waals surface area contributed by atoms with Gasteiger partial charge in [0.25, 0.3) is 11.8 Å². The van der Waals surface area contributed by atoms with Crippen molar-refractivity contribution in [2.45, 2.75) is 13.8 Å². The van der Waals surface area contributed by atoms with Crippen molar-refractivity contribution >= 4 is 23.6 Å². The molecule has 1 aromatic carbocycles. The Kier molecular flexibility index (Phi) is 6.52. The summed E-state index contributed by atoms with van der Waals surface area (Å²) in [6, 6.07) is 5.68. The number of anilines is 1. The van der Waals surface area contributed by atoms with Crippen LogP contribution in [-0.2, 0) is 14.3 Å². The van der Waals surface area contributed by atoms with Crippen molar-refractivity contribution in [3.63, 3.8) is 0 Å². The van der Waals surface area contributed by atoms with Crippen LogP contribution in [-0.4, -0.2) is 45.2 Å². The number of ether oxygens (including phenoxy) is 1. The fourth-order valence-corrected chi connectivity index (χ4v) is 1.90. The van der Waals surface area contributed by atoms with E-state index in [-0.39, 0.29) is 19.0 Å². The zero-order valence-corrected chi connectivity index (χ0v) is 13.3. The highest BCUT2D eigenvalue weighted by molar-refractivity contribution is 5.93. The Morgan fingerprint density at radius 1 is 1.14 bits per heavy atom. The molecule has 7 heteroatoms. The number of hydrogen-bond acceptors (Lipinski definition) is 4. The van der Waals surface area contributed by atoms with E-state index in [4.69, 9.17) is 0 Å². The van der Waals surface area contributed by atoms with Crippen molar-refractivity contribution in [1.82, 2.24) is 5.32 Å². The van der Waals surface area contributed by atoms with Gasteiger partial charge >= 0.3 is 6.09 Å². The van der Waals surface area contributed by atoms with Gasteiger partial charge in [0.15, 0.2) is 13.1 Å². The van der Waals surface area contributed by atoms with E-state index in [1.807, 2.05) is 37.4 Å². The first kappa shape index (κ1) is 17.6. The molecule has 0 aromatic heterocycles. The normalized spacial score (nSPS) is 11.5. The highest BCUT2D eigenvalue weighted by atomic mass is 16.5. The number of benzene rings is 1. The van der Waals surface area contributed by atoms with Crippen molar-refractivity contribution < 1.29 is 24.0 Å². The quantitative estimate of drug-likeness (QED) is 0.693. The van der Waals surface area contributed by atoms with Gasteiger partial charge in [-0.1, -0.05) is 12.1 Å². The average Bonchev–Trinajstić information content (AvgIpc) is 2.43. The number of rotatable bonds is 5. The smallest absolute Gasteiger partial charge is 0.413 e. The third kappa shape index (κ3) is 5.53. The van der Waals surface area contributed by atoms with Gasteiger partial charge in [-0.15, -0.1) is 0 Å². The largest absolute Gasteiger partial charge is 0.453 e. The van der Waals surface area contributed by atoms with Crippen LogP contribution in [0.4, 0.5) is 10.5 Å². The summed E-state index contributed by atoms with van der Waals surface area (Å²) < 4.78 is 4.33. The first-order valence-corrected chi connectivity index (χ1v) is 6.88. The number of imide groups is 1. The van der Waals surface area contributed by atoms with Gasteiger partial charge in [0.2, 0.25) is 0 Å². The van der Waals surface area contributed by atoms with E-state index in [1.54, 1.807) is 7.05 Å². The van der Waals surface area contributed by atoms with E-state index in [1.165, 1.54) is 7.11 Å². The lowest BCUT2D eigenvalue weighted by Crippen LogP contribution is -3.11. The van der Waals surface area contributed by atoms with Crippen molar-refractivity contribution in [2.75, 3.05) is 32.6 Å². The third-order valence-electron chi connectivity index (χ3n) is 3.23. The highest BCUT2D eigenvalue weighted by Gasteiger charge is 2.16. The lowest BCUT2D eigenvalue weighted by molar-refractivity contribution is -0.862. The number of methoxy groups -OCH3 is 1. The summed E-state index contributed by atoms with van der Waals surface area (Å²) in [6.45, 7) is 4.02. The number of alkyl carbamates (subject to hydrolysis) is 1. The second kappa shape index (κ2) is 8.14. The van der Waals surface area contributed by atoms with Gasteiger partial charge in [0, 0.05) is 5.69 Å². The molecule has 7 nitrogen and oxygen atoms in total. The standard InChI is InChI=1S/C15H21N3O4/c1-10-6-5-7-12(11(10)2)16-13(19)8-18(3)9-14(20)17-15(21)22-4/h5-7H,8-9H2,1-4H3,(H,16,19)(H,17,20,21)/p+1. The lowest BCUT2D eigenvalue weighted by Gasteiger charge is -2.14. The maximum atomic E-state index is 12.0. The summed E-state index contributed by atoms with van der Waals surface area (Å²) in [7, 11) is 2.87. The summed E-state index contributed by atoms with van der Waals surface area (Å²) in [5.41, 5.74) is 2.87. The molecule has 0 radical (unpaired) electrons. The molecule has 0 aliphatic rings. The monoisotopic (exact) mass is 308 g/mol. The number of nitrogens with one attached hydrogen (secondary N) is 3. The molecule has 3 amide bonds. The Labute approximate surface area is 129 Å². The summed E-state index contributed by atoms with van der Waals surface area (Å²) in [5.74, 6) is -0.694. The second-order valence-electron chi connectivity index (χ2n) is 5.15. The number of amides is 3. The maximum Gasteiger partial charge on any atom is 0.413 e. The van der Waals surface area contributed by atoms with Crippen LogP contribution in [0, 0.1) is 13.8 Å². The Morgan fingerprint density at radius 3 is 2.41 bits per heavy atom. The number of hydrogen-bond donors (Lipinski definition) is 3. The number of carbonyl (C=O) groups excluding carboxylic acids is 3. The molecule has 0 aliphatic heterocycles. The van der Waals surface area contributed by atoms with Crippen LogP contribution in [0.2, 0.25) is 0 Å². The number of quaternary nitrogens is 1. The van der Waals surface area contributed by atoms with Crippen LogP contribution in [0.25, 0.3) is 0 Å². The molecule has 0 spiro atoms. The van der Waals surface area contributed by atoms with E-state index < -0.39 is 12.0 Å². The molecular weight excluding hydrogens is 286 g/mol. The van der Waals surface area contributed by atoms with Crippen molar-refractivity contribution in [2.24, 2.45) is 0 Å². The van der Waals surface area contributed by atoms with Crippen LogP contribution in [0.1, 0.15) is 11.1 Å². The fraction of sp³-hybridized carbons (Fsp3) is 0.400. The van der Waals surface area contributed by atoms with E-state index in [0.717, 1.165) is 16.8 Å². The molecule has 1 aromatic rings. The maximum absolute atomic E-state index is 12.0. The number of aryl methyl sites for hydroxylation is 1. The van der Waals surface area contributed by atoms with Crippen molar-refractivity contribution in [3.05, 3.63) is 29.3 Å². The van der Waals surface area contributed by atoms with Crippen molar-refractivity contribution in [1.29, 1.82) is 0 Å². The molecule has 22 heavy (non-hydrogen) atoms. The minimum Gasteiger partial charge on any atom is -0.453 e. The first-order valence-electron chi connectivity index (χ1n) is 6.88. The van der Waals surface area contributed by atoms with Gasteiger partial charge in [-0.2, -0.15) is 0 Å². The van der Waals surface area contributed by atoms with Crippen LogP contribution in [0.15, 0.2) is 18.2 Å². The summed E-state index contributed by atoms with van der Waals surface area (Å²) >= 11 is 0. The zero-order valence-electron chi connectivity index (χ0n) is 13.3. The molecule has 3 N–H and O–H groups in total. The Balaban J connectivity index is 2.49. The topological polar surface area (TPSA) is 88.9 Å². The van der Waals surface area contributed by atoms with Crippen molar-refractivity contribution in [3.8, 4) is 0 Å². The molecule has 0 saturated carbocycles.